The van der Waals surface area contributed by atoms with Crippen molar-refractivity contribution < 1.29 is 9.53 Å². The lowest BCUT2D eigenvalue weighted by Gasteiger charge is -2.28. The number of morpholine rings is 1. The summed E-state index contributed by atoms with van der Waals surface area (Å²) in [4.78, 5) is 22.8. The monoisotopic (exact) mass is 487 g/mol. The van der Waals surface area contributed by atoms with E-state index in [2.05, 4.69) is 62.9 Å². The van der Waals surface area contributed by atoms with E-state index in [0.717, 1.165) is 65.7 Å². The molecule has 0 unspecified atom stereocenters. The maximum Gasteiger partial charge on any atom is 0.233 e. The molecule has 0 N–H and O–H groups in total. The summed E-state index contributed by atoms with van der Waals surface area (Å²) in [6.07, 6.45) is 1.32. The molecule has 178 valence electrons. The zero-order valence-electron chi connectivity index (χ0n) is 20.0. The van der Waals surface area contributed by atoms with Crippen LogP contribution < -0.4 is 4.90 Å². The topological polar surface area (TPSA) is 45.7 Å². The van der Waals surface area contributed by atoms with E-state index in [-0.39, 0.29) is 18.3 Å². The maximum absolute atomic E-state index is 13.5. The van der Waals surface area contributed by atoms with Gasteiger partial charge in [-0.3, -0.25) is 14.6 Å². The third-order valence-electron chi connectivity index (χ3n) is 6.41. The van der Waals surface area contributed by atoms with E-state index in [0.29, 0.717) is 13.0 Å². The molecule has 1 amide bonds. The number of hydrogen-bond acceptors (Lipinski definition) is 5. The van der Waals surface area contributed by atoms with E-state index >= 15 is 0 Å². The van der Waals surface area contributed by atoms with Crippen LogP contribution >= 0.6 is 23.7 Å². The van der Waals surface area contributed by atoms with Crippen molar-refractivity contribution in [2.75, 3.05) is 44.3 Å². The molecular weight excluding hydrogens is 454 g/mol. The highest BCUT2D eigenvalue weighted by Crippen LogP contribution is 2.32. The van der Waals surface area contributed by atoms with Crippen LogP contribution in [0.4, 0.5) is 5.13 Å². The number of benzene rings is 2. The number of fused-ring (bicyclic) bond motifs is 1. The van der Waals surface area contributed by atoms with Crippen LogP contribution in [-0.2, 0) is 16.0 Å². The van der Waals surface area contributed by atoms with E-state index in [4.69, 9.17) is 9.72 Å². The van der Waals surface area contributed by atoms with Crippen molar-refractivity contribution in [3.8, 4) is 0 Å². The molecule has 2 heterocycles. The first-order valence-electron chi connectivity index (χ1n) is 11.5. The van der Waals surface area contributed by atoms with Gasteiger partial charge in [0, 0.05) is 26.2 Å². The molecule has 1 fully saturated rings. The molecule has 1 aliphatic rings. The molecule has 0 saturated carbocycles. The Morgan fingerprint density at radius 3 is 2.58 bits per heavy atom. The van der Waals surface area contributed by atoms with Crippen molar-refractivity contribution in [1.29, 1.82) is 0 Å². The summed E-state index contributed by atoms with van der Waals surface area (Å²) in [5.74, 6) is 0.120. The molecule has 1 aromatic heterocycles. The van der Waals surface area contributed by atoms with Gasteiger partial charge in [-0.1, -0.05) is 41.2 Å². The lowest BCUT2D eigenvalue weighted by Crippen LogP contribution is -2.39. The number of hydrogen-bond donors (Lipinski definition) is 0. The van der Waals surface area contributed by atoms with Crippen molar-refractivity contribution in [3.05, 3.63) is 58.1 Å². The van der Waals surface area contributed by atoms with Gasteiger partial charge in [-0.2, -0.15) is 0 Å². The molecule has 0 spiro atoms. The predicted octanol–water partition coefficient (Wildman–Crippen LogP) is 5.25. The van der Waals surface area contributed by atoms with E-state index < -0.39 is 0 Å². The third kappa shape index (κ3) is 6.12. The number of thiazole rings is 1. The molecule has 33 heavy (non-hydrogen) atoms. The largest absolute Gasteiger partial charge is 0.379 e. The van der Waals surface area contributed by atoms with Crippen LogP contribution in [0.5, 0.6) is 0 Å². The van der Waals surface area contributed by atoms with Gasteiger partial charge in [-0.05, 0) is 62.4 Å². The molecule has 1 aliphatic heterocycles. The van der Waals surface area contributed by atoms with Gasteiger partial charge in [-0.15, -0.1) is 12.4 Å². The number of carbonyl (C=O) groups excluding carboxylic acids is 1. The number of rotatable bonds is 7. The number of anilines is 1. The van der Waals surface area contributed by atoms with E-state index in [1.807, 2.05) is 4.90 Å². The zero-order valence-corrected chi connectivity index (χ0v) is 21.7. The van der Waals surface area contributed by atoms with Gasteiger partial charge in [0.15, 0.2) is 5.13 Å². The first-order valence-corrected chi connectivity index (χ1v) is 12.3. The van der Waals surface area contributed by atoms with Crippen LogP contribution in [-0.4, -0.2) is 55.2 Å². The van der Waals surface area contributed by atoms with Crippen molar-refractivity contribution in [3.63, 3.8) is 0 Å². The summed E-state index contributed by atoms with van der Waals surface area (Å²) in [6, 6.07) is 10.6. The Kier molecular flexibility index (Phi) is 8.88. The summed E-state index contributed by atoms with van der Waals surface area (Å²) in [5.41, 5.74) is 6.88. The second-order valence-electron chi connectivity index (χ2n) is 8.81. The zero-order chi connectivity index (χ0) is 22.7. The summed E-state index contributed by atoms with van der Waals surface area (Å²) in [7, 11) is 0. The minimum atomic E-state index is 0. The second kappa shape index (κ2) is 11.4. The fourth-order valence-corrected chi connectivity index (χ4v) is 5.25. The van der Waals surface area contributed by atoms with Gasteiger partial charge in [0.25, 0.3) is 0 Å². The maximum atomic E-state index is 13.5. The predicted molar refractivity (Wildman–Crippen MR) is 140 cm³/mol. The number of halogens is 1. The molecule has 7 heteroatoms. The van der Waals surface area contributed by atoms with Crippen molar-refractivity contribution in [2.24, 2.45) is 0 Å². The van der Waals surface area contributed by atoms with Gasteiger partial charge in [0.1, 0.15) is 0 Å². The first-order chi connectivity index (χ1) is 15.4. The first kappa shape index (κ1) is 25.6. The summed E-state index contributed by atoms with van der Waals surface area (Å²) >= 11 is 1.62. The highest BCUT2D eigenvalue weighted by atomic mass is 35.5. The minimum Gasteiger partial charge on any atom is -0.379 e. The average molecular weight is 488 g/mol. The Hall–Kier alpha value is -1.99. The van der Waals surface area contributed by atoms with Gasteiger partial charge < -0.3 is 4.74 Å². The van der Waals surface area contributed by atoms with Crippen LogP contribution in [0.25, 0.3) is 10.2 Å². The van der Waals surface area contributed by atoms with Crippen LogP contribution in [0.2, 0.25) is 0 Å². The SMILES string of the molecule is Cc1ccc(C)c(CC(=O)N(CCCN2CCOCC2)c2nc3c(C)c(C)ccc3s2)c1.Cl. The molecule has 0 aliphatic carbocycles. The van der Waals surface area contributed by atoms with Gasteiger partial charge in [-0.25, -0.2) is 4.98 Å². The second-order valence-corrected chi connectivity index (χ2v) is 9.82. The van der Waals surface area contributed by atoms with Gasteiger partial charge in [0.05, 0.1) is 29.9 Å². The molecule has 0 radical (unpaired) electrons. The van der Waals surface area contributed by atoms with E-state index in [9.17, 15) is 4.79 Å². The molecule has 2 aromatic carbocycles. The number of ether oxygens (including phenoxy) is 1. The fraction of sp³-hybridized carbons (Fsp3) is 0.462. The average Bonchev–Trinajstić information content (AvgIpc) is 3.22. The Bertz CT molecular complexity index is 1110. The summed E-state index contributed by atoms with van der Waals surface area (Å²) < 4.78 is 6.60. The Labute approximate surface area is 207 Å². The Morgan fingerprint density at radius 1 is 1.09 bits per heavy atom. The van der Waals surface area contributed by atoms with Gasteiger partial charge in [0.2, 0.25) is 5.91 Å². The molecule has 3 aromatic rings. The quantitative estimate of drug-likeness (QED) is 0.456. The number of carbonyl (C=O) groups is 1. The van der Waals surface area contributed by atoms with Crippen molar-refractivity contribution in [2.45, 2.75) is 40.5 Å². The lowest BCUT2D eigenvalue weighted by molar-refractivity contribution is -0.118. The van der Waals surface area contributed by atoms with Gasteiger partial charge >= 0.3 is 0 Å². The standard InChI is InChI=1S/C26H33N3O2S.ClH/c1-18-6-7-20(3)22(16-18)17-24(30)29(11-5-10-28-12-14-31-15-13-28)26-27-25-21(4)19(2)8-9-23(25)32-26;/h6-9,16H,5,10-15,17H2,1-4H3;1H. The third-order valence-corrected chi connectivity index (χ3v) is 7.46. The fourth-order valence-electron chi connectivity index (χ4n) is 4.18. The molecule has 4 rings (SSSR count). The van der Waals surface area contributed by atoms with Crippen LogP contribution in [0, 0.1) is 27.7 Å². The normalized spacial score (nSPS) is 14.3. The van der Waals surface area contributed by atoms with Crippen LogP contribution in [0.1, 0.15) is 34.2 Å². The van der Waals surface area contributed by atoms with Crippen molar-refractivity contribution in [1.82, 2.24) is 9.88 Å². The number of aryl methyl sites for hydroxylation is 4. The minimum absolute atomic E-state index is 0. The van der Waals surface area contributed by atoms with Crippen LogP contribution in [0.15, 0.2) is 30.3 Å². The highest BCUT2D eigenvalue weighted by Gasteiger charge is 2.22. The number of aromatic nitrogens is 1. The smallest absolute Gasteiger partial charge is 0.233 e. The van der Waals surface area contributed by atoms with E-state index in [1.165, 1.54) is 16.7 Å². The molecule has 0 atom stereocenters. The molecule has 5 nitrogen and oxygen atoms in total. The van der Waals surface area contributed by atoms with Crippen LogP contribution in [0.3, 0.4) is 0 Å². The number of nitrogens with zero attached hydrogens (tertiary/aromatic N) is 3. The Morgan fingerprint density at radius 2 is 1.82 bits per heavy atom. The number of amides is 1. The lowest BCUT2D eigenvalue weighted by atomic mass is 10.0. The summed E-state index contributed by atoms with van der Waals surface area (Å²) in [6.45, 7) is 13.6. The van der Waals surface area contributed by atoms with E-state index in [1.54, 1.807) is 11.3 Å². The molecule has 1 saturated heterocycles. The molecular formula is C26H34ClN3O2S. The Balaban J connectivity index is 0.00000306. The van der Waals surface area contributed by atoms with Crippen molar-refractivity contribution >= 4 is 45.0 Å². The highest BCUT2D eigenvalue weighted by molar-refractivity contribution is 7.22. The summed E-state index contributed by atoms with van der Waals surface area (Å²) in [5, 5.41) is 0.811. The molecule has 0 bridgehead atoms.